The van der Waals surface area contributed by atoms with Crippen molar-refractivity contribution in [1.29, 1.82) is 0 Å². The molecule has 0 bridgehead atoms. The lowest BCUT2D eigenvalue weighted by Gasteiger charge is -2.28. The molecule has 3 nitrogen and oxygen atoms in total. The molecule has 2 atom stereocenters. The number of carbonyl (C=O) groups excluding carboxylic acids is 1. The summed E-state index contributed by atoms with van der Waals surface area (Å²) in [5, 5.41) is 2.72. The van der Waals surface area contributed by atoms with E-state index in [4.69, 9.17) is 4.74 Å². The van der Waals surface area contributed by atoms with Gasteiger partial charge in [0.2, 0.25) is 0 Å². The highest BCUT2D eigenvalue weighted by Gasteiger charge is 2.25. The van der Waals surface area contributed by atoms with Crippen molar-refractivity contribution in [1.82, 2.24) is 5.32 Å². The van der Waals surface area contributed by atoms with Crippen LogP contribution in [0.3, 0.4) is 0 Å². The fourth-order valence-electron chi connectivity index (χ4n) is 1.66. The standard InChI is InChI=1S/C11H13NO2/c1-8-7-10(14-11(13)12-8)9-5-3-2-4-6-9/h2-6,8,10H,7H2,1H3,(H,12,13)/t8-,10-/m0/s1. The molecule has 0 saturated carbocycles. The molecule has 2 rings (SSSR count). The molecule has 1 saturated heterocycles. The molecule has 14 heavy (non-hydrogen) atoms. The van der Waals surface area contributed by atoms with Crippen LogP contribution in [-0.2, 0) is 4.74 Å². The van der Waals surface area contributed by atoms with E-state index in [1.807, 2.05) is 37.3 Å². The van der Waals surface area contributed by atoms with E-state index in [1.54, 1.807) is 0 Å². The van der Waals surface area contributed by atoms with Crippen molar-refractivity contribution in [2.24, 2.45) is 0 Å². The van der Waals surface area contributed by atoms with Gasteiger partial charge in [-0.3, -0.25) is 0 Å². The number of benzene rings is 1. The SMILES string of the molecule is C[C@H]1C[C@@H](c2ccccc2)OC(=O)N1. The summed E-state index contributed by atoms with van der Waals surface area (Å²) < 4.78 is 5.19. The first-order valence-electron chi connectivity index (χ1n) is 4.78. The zero-order valence-corrected chi connectivity index (χ0v) is 8.07. The number of rotatable bonds is 1. The van der Waals surface area contributed by atoms with Crippen molar-refractivity contribution in [2.75, 3.05) is 0 Å². The van der Waals surface area contributed by atoms with E-state index in [2.05, 4.69) is 5.32 Å². The molecule has 0 unspecified atom stereocenters. The molecule has 1 fully saturated rings. The van der Waals surface area contributed by atoms with Crippen LogP contribution in [0.5, 0.6) is 0 Å². The van der Waals surface area contributed by atoms with Crippen LogP contribution in [0.15, 0.2) is 30.3 Å². The summed E-state index contributed by atoms with van der Waals surface area (Å²) in [5.74, 6) is 0. The average Bonchev–Trinajstić information content (AvgIpc) is 2.18. The largest absolute Gasteiger partial charge is 0.441 e. The van der Waals surface area contributed by atoms with E-state index in [0.29, 0.717) is 0 Å². The molecule has 1 N–H and O–H groups in total. The van der Waals surface area contributed by atoms with Crippen LogP contribution in [-0.4, -0.2) is 12.1 Å². The molecule has 0 aromatic heterocycles. The van der Waals surface area contributed by atoms with E-state index >= 15 is 0 Å². The lowest BCUT2D eigenvalue weighted by Crippen LogP contribution is -2.40. The number of ether oxygens (including phenoxy) is 1. The monoisotopic (exact) mass is 191 g/mol. The van der Waals surface area contributed by atoms with E-state index < -0.39 is 0 Å². The maximum atomic E-state index is 11.1. The Labute approximate surface area is 83.1 Å². The van der Waals surface area contributed by atoms with E-state index in [1.165, 1.54) is 0 Å². The summed E-state index contributed by atoms with van der Waals surface area (Å²) in [7, 11) is 0. The smallest absolute Gasteiger partial charge is 0.407 e. The van der Waals surface area contributed by atoms with Gasteiger partial charge in [0, 0.05) is 12.5 Å². The van der Waals surface area contributed by atoms with Gasteiger partial charge in [-0.15, -0.1) is 0 Å². The van der Waals surface area contributed by atoms with Gasteiger partial charge in [-0.2, -0.15) is 0 Å². The first kappa shape index (κ1) is 9.06. The molecular formula is C11H13NO2. The molecule has 1 aromatic rings. The Morgan fingerprint density at radius 1 is 1.36 bits per heavy atom. The highest BCUT2D eigenvalue weighted by molar-refractivity contribution is 5.68. The minimum absolute atomic E-state index is 0.0973. The predicted molar refractivity (Wildman–Crippen MR) is 52.9 cm³/mol. The Morgan fingerprint density at radius 2 is 2.07 bits per heavy atom. The summed E-state index contributed by atoms with van der Waals surface area (Å²) in [5.41, 5.74) is 1.06. The molecule has 0 spiro atoms. The molecule has 0 radical (unpaired) electrons. The average molecular weight is 191 g/mol. The van der Waals surface area contributed by atoms with Gasteiger partial charge in [0.05, 0.1) is 0 Å². The second-order valence-electron chi connectivity index (χ2n) is 3.59. The van der Waals surface area contributed by atoms with Crippen molar-refractivity contribution in [3.8, 4) is 0 Å². The number of carbonyl (C=O) groups is 1. The van der Waals surface area contributed by atoms with Crippen LogP contribution in [0.1, 0.15) is 25.0 Å². The molecule has 1 heterocycles. The molecular weight excluding hydrogens is 178 g/mol. The third kappa shape index (κ3) is 1.87. The number of nitrogens with one attached hydrogen (secondary N) is 1. The van der Waals surface area contributed by atoms with Gasteiger partial charge in [-0.05, 0) is 12.5 Å². The molecule has 74 valence electrons. The fraction of sp³-hybridized carbons (Fsp3) is 0.364. The molecule has 0 aliphatic carbocycles. The highest BCUT2D eigenvalue weighted by atomic mass is 16.6. The zero-order chi connectivity index (χ0) is 9.97. The van der Waals surface area contributed by atoms with Crippen molar-refractivity contribution >= 4 is 6.09 Å². The Bertz CT molecular complexity index is 323. The number of amides is 1. The van der Waals surface area contributed by atoms with Gasteiger partial charge in [0.1, 0.15) is 6.10 Å². The van der Waals surface area contributed by atoms with Gasteiger partial charge < -0.3 is 10.1 Å². The predicted octanol–water partition coefficient (Wildman–Crippen LogP) is 2.25. The van der Waals surface area contributed by atoms with Crippen molar-refractivity contribution < 1.29 is 9.53 Å². The van der Waals surface area contributed by atoms with Gasteiger partial charge in [-0.25, -0.2) is 4.79 Å². The number of hydrogen-bond acceptors (Lipinski definition) is 2. The van der Waals surface area contributed by atoms with Crippen molar-refractivity contribution in [3.63, 3.8) is 0 Å². The normalized spacial score (nSPS) is 26.5. The zero-order valence-electron chi connectivity index (χ0n) is 8.07. The van der Waals surface area contributed by atoms with Crippen LogP contribution in [0.25, 0.3) is 0 Å². The molecule has 1 aliphatic heterocycles. The molecule has 1 aliphatic rings. The lowest BCUT2D eigenvalue weighted by atomic mass is 10.0. The van der Waals surface area contributed by atoms with Crippen molar-refractivity contribution in [2.45, 2.75) is 25.5 Å². The molecule has 1 aromatic carbocycles. The first-order chi connectivity index (χ1) is 6.75. The van der Waals surface area contributed by atoms with Crippen LogP contribution < -0.4 is 5.32 Å². The van der Waals surface area contributed by atoms with Crippen LogP contribution in [0.2, 0.25) is 0 Å². The van der Waals surface area contributed by atoms with Crippen LogP contribution >= 0.6 is 0 Å². The van der Waals surface area contributed by atoms with Gasteiger partial charge in [0.15, 0.2) is 0 Å². The number of cyclic esters (lactones) is 1. The van der Waals surface area contributed by atoms with Gasteiger partial charge in [0.25, 0.3) is 0 Å². The fourth-order valence-corrected chi connectivity index (χ4v) is 1.66. The second kappa shape index (κ2) is 3.70. The molecule has 3 heteroatoms. The van der Waals surface area contributed by atoms with Crippen LogP contribution in [0, 0.1) is 0 Å². The quantitative estimate of drug-likeness (QED) is 0.739. The Hall–Kier alpha value is -1.51. The van der Waals surface area contributed by atoms with Gasteiger partial charge >= 0.3 is 6.09 Å². The van der Waals surface area contributed by atoms with Crippen molar-refractivity contribution in [3.05, 3.63) is 35.9 Å². The van der Waals surface area contributed by atoms with E-state index in [9.17, 15) is 4.79 Å². The summed E-state index contributed by atoms with van der Waals surface area (Å²) in [6.07, 6.45) is 0.410. The highest BCUT2D eigenvalue weighted by Crippen LogP contribution is 2.25. The van der Waals surface area contributed by atoms with Crippen LogP contribution in [0.4, 0.5) is 4.79 Å². The molecule has 1 amide bonds. The first-order valence-corrected chi connectivity index (χ1v) is 4.78. The topological polar surface area (TPSA) is 38.3 Å². The van der Waals surface area contributed by atoms with Gasteiger partial charge in [-0.1, -0.05) is 30.3 Å². The summed E-state index contributed by atoms with van der Waals surface area (Å²) >= 11 is 0. The second-order valence-corrected chi connectivity index (χ2v) is 3.59. The maximum Gasteiger partial charge on any atom is 0.407 e. The van der Waals surface area contributed by atoms with E-state index in [0.717, 1.165) is 12.0 Å². The van der Waals surface area contributed by atoms with E-state index in [-0.39, 0.29) is 18.2 Å². The maximum absolute atomic E-state index is 11.1. The third-order valence-electron chi connectivity index (χ3n) is 2.35. The lowest BCUT2D eigenvalue weighted by molar-refractivity contribution is 0.0611. The minimum atomic E-state index is -0.322. The third-order valence-corrected chi connectivity index (χ3v) is 2.35. The summed E-state index contributed by atoms with van der Waals surface area (Å²) in [4.78, 5) is 11.1. The minimum Gasteiger partial charge on any atom is -0.441 e. The number of alkyl carbamates (subject to hydrolysis) is 1. The Kier molecular flexibility index (Phi) is 2.39. The summed E-state index contributed by atoms with van der Waals surface area (Å²) in [6, 6.07) is 10.0. The Balaban J connectivity index is 2.15. The Morgan fingerprint density at radius 3 is 2.71 bits per heavy atom. The summed E-state index contributed by atoms with van der Waals surface area (Å²) in [6.45, 7) is 1.98. The number of hydrogen-bond donors (Lipinski definition) is 1.